The molecule has 2 rings (SSSR count). The summed E-state index contributed by atoms with van der Waals surface area (Å²) >= 11 is 1.42. The lowest BCUT2D eigenvalue weighted by Crippen LogP contribution is -2.25. The molecule has 0 aromatic carbocycles. The summed E-state index contributed by atoms with van der Waals surface area (Å²) in [5.41, 5.74) is 1.04. The number of aromatic nitrogens is 1. The molecule has 0 aliphatic carbocycles. The molecule has 1 amide bonds. The summed E-state index contributed by atoms with van der Waals surface area (Å²) in [6.45, 7) is 0.775. The highest BCUT2D eigenvalue weighted by Gasteiger charge is 2.12. The van der Waals surface area contributed by atoms with Crippen LogP contribution in [0.1, 0.15) is 12.0 Å². The van der Waals surface area contributed by atoms with Crippen molar-refractivity contribution < 1.29 is 4.79 Å². The summed E-state index contributed by atoms with van der Waals surface area (Å²) in [7, 11) is 0. The molecule has 0 spiro atoms. The third kappa shape index (κ3) is 2.97. The second kappa shape index (κ2) is 5.51. The van der Waals surface area contributed by atoms with Crippen molar-refractivity contribution in [2.24, 2.45) is 0 Å². The fourth-order valence-electron chi connectivity index (χ4n) is 1.33. The monoisotopic (exact) mass is 232 g/mol. The second-order valence-corrected chi connectivity index (χ2v) is 4.25. The van der Waals surface area contributed by atoms with Gasteiger partial charge in [0.1, 0.15) is 0 Å². The highest BCUT2D eigenvalue weighted by atomic mass is 32.2. The van der Waals surface area contributed by atoms with Crippen LogP contribution in [0, 0.1) is 0 Å². The number of hydrogen-bond acceptors (Lipinski definition) is 3. The molecule has 2 heterocycles. The zero-order valence-electron chi connectivity index (χ0n) is 8.74. The van der Waals surface area contributed by atoms with Gasteiger partial charge in [-0.25, -0.2) is 0 Å². The average molecular weight is 232 g/mol. The molecule has 1 aromatic rings. The van der Waals surface area contributed by atoms with Gasteiger partial charge in [-0.3, -0.25) is 14.1 Å². The van der Waals surface area contributed by atoms with Crippen molar-refractivity contribution in [3.8, 4) is 0 Å². The van der Waals surface area contributed by atoms with Crippen LogP contribution in [-0.2, 0) is 4.79 Å². The lowest BCUT2D eigenvalue weighted by atomic mass is 10.3. The zero-order valence-corrected chi connectivity index (χ0v) is 9.56. The molecule has 16 heavy (non-hydrogen) atoms. The van der Waals surface area contributed by atoms with Crippen molar-refractivity contribution in [2.75, 3.05) is 6.54 Å². The van der Waals surface area contributed by atoms with E-state index >= 15 is 0 Å². The molecule has 0 saturated carbocycles. The Labute approximate surface area is 99.0 Å². The zero-order chi connectivity index (χ0) is 11.2. The van der Waals surface area contributed by atoms with E-state index in [4.69, 9.17) is 0 Å². The van der Waals surface area contributed by atoms with E-state index in [1.165, 1.54) is 11.9 Å². The summed E-state index contributed by atoms with van der Waals surface area (Å²) in [4.78, 5) is 15.4. The number of carbonyl (C=O) groups is 1. The maximum absolute atomic E-state index is 11.4. The maximum Gasteiger partial charge on any atom is 0.256 e. The Bertz CT molecular complexity index is 414. The molecule has 1 aliphatic heterocycles. The van der Waals surface area contributed by atoms with Crippen LogP contribution in [0.5, 0.6) is 0 Å². The van der Waals surface area contributed by atoms with Crippen LogP contribution in [0.15, 0.2) is 42.1 Å². The van der Waals surface area contributed by atoms with Crippen LogP contribution in [-0.4, -0.2) is 21.7 Å². The Balaban J connectivity index is 1.90. The highest BCUT2D eigenvalue weighted by Crippen LogP contribution is 2.17. The molecule has 0 atom stereocenters. The molecule has 0 N–H and O–H groups in total. The fraction of sp³-hybridized carbons (Fsp3) is 0.167. The number of nitrogens with zero attached hydrogens (tertiary/aromatic N) is 2. The Morgan fingerprint density at radius 1 is 1.50 bits per heavy atom. The van der Waals surface area contributed by atoms with Crippen LogP contribution in [0.25, 0.3) is 6.08 Å². The van der Waals surface area contributed by atoms with E-state index in [1.807, 2.05) is 29.7 Å². The molecular weight excluding hydrogens is 220 g/mol. The predicted octanol–water partition coefficient (Wildman–Crippen LogP) is 2.49. The summed E-state index contributed by atoms with van der Waals surface area (Å²) in [5.74, 6) is 0.0621. The normalized spacial score (nSPS) is 16.0. The molecule has 0 fully saturated rings. The van der Waals surface area contributed by atoms with E-state index < -0.39 is 0 Å². The lowest BCUT2D eigenvalue weighted by Gasteiger charge is -2.19. The average Bonchev–Trinajstić information content (AvgIpc) is 2.33. The van der Waals surface area contributed by atoms with Gasteiger partial charge in [-0.05, 0) is 41.5 Å². The van der Waals surface area contributed by atoms with Gasteiger partial charge in [0.15, 0.2) is 0 Å². The van der Waals surface area contributed by atoms with Crippen LogP contribution < -0.4 is 0 Å². The molecule has 0 saturated heterocycles. The Morgan fingerprint density at radius 2 is 2.44 bits per heavy atom. The molecule has 1 aliphatic rings. The van der Waals surface area contributed by atoms with E-state index in [0.29, 0.717) is 0 Å². The number of pyridine rings is 1. The minimum Gasteiger partial charge on any atom is -0.279 e. The van der Waals surface area contributed by atoms with Crippen LogP contribution in [0.3, 0.4) is 0 Å². The van der Waals surface area contributed by atoms with Gasteiger partial charge in [0.2, 0.25) is 0 Å². The van der Waals surface area contributed by atoms with Gasteiger partial charge in [-0.15, -0.1) is 0 Å². The molecule has 4 heteroatoms. The van der Waals surface area contributed by atoms with E-state index in [-0.39, 0.29) is 5.91 Å². The van der Waals surface area contributed by atoms with Crippen molar-refractivity contribution in [3.63, 3.8) is 0 Å². The molecule has 0 radical (unpaired) electrons. The summed E-state index contributed by atoms with van der Waals surface area (Å²) in [6.07, 6.45) is 9.93. The van der Waals surface area contributed by atoms with Crippen molar-refractivity contribution >= 4 is 23.9 Å². The molecule has 1 aromatic heterocycles. The van der Waals surface area contributed by atoms with Gasteiger partial charge in [-0.2, -0.15) is 0 Å². The quantitative estimate of drug-likeness (QED) is 0.751. The first-order chi connectivity index (χ1) is 7.86. The van der Waals surface area contributed by atoms with Gasteiger partial charge < -0.3 is 0 Å². The minimum atomic E-state index is 0.0621. The van der Waals surface area contributed by atoms with Gasteiger partial charge in [0.25, 0.3) is 5.91 Å². The summed E-state index contributed by atoms with van der Waals surface area (Å²) in [6, 6.07) is 3.86. The smallest absolute Gasteiger partial charge is 0.256 e. The summed E-state index contributed by atoms with van der Waals surface area (Å²) < 4.78 is 1.74. The van der Waals surface area contributed by atoms with Gasteiger partial charge in [-0.1, -0.05) is 12.1 Å². The first-order valence-corrected chi connectivity index (χ1v) is 5.91. The fourth-order valence-corrected chi connectivity index (χ4v) is 2.07. The lowest BCUT2D eigenvalue weighted by molar-refractivity contribution is -0.121. The Hall–Kier alpha value is -1.55. The second-order valence-electron chi connectivity index (χ2n) is 3.33. The van der Waals surface area contributed by atoms with Crippen LogP contribution in [0.2, 0.25) is 0 Å². The largest absolute Gasteiger partial charge is 0.279 e. The topological polar surface area (TPSA) is 33.2 Å². The van der Waals surface area contributed by atoms with E-state index in [9.17, 15) is 4.79 Å². The highest BCUT2D eigenvalue weighted by molar-refractivity contribution is 8.00. The number of rotatable bonds is 3. The molecule has 3 nitrogen and oxygen atoms in total. The van der Waals surface area contributed by atoms with Gasteiger partial charge in [0.05, 0.1) is 0 Å². The molecule has 0 bridgehead atoms. The van der Waals surface area contributed by atoms with Crippen LogP contribution >= 0.6 is 11.9 Å². The maximum atomic E-state index is 11.4. The standard InChI is InChI=1S/C12H12N2OS/c15-12-5-1-2-8-14(12)16-9-6-11-4-3-7-13-10-11/h1,3-7,9-10H,2,8H2/b9-6+. The first-order valence-electron chi connectivity index (χ1n) is 5.07. The number of hydrogen-bond donors (Lipinski definition) is 0. The van der Waals surface area contributed by atoms with Crippen LogP contribution in [0.4, 0.5) is 0 Å². The number of amides is 1. The van der Waals surface area contributed by atoms with Crippen molar-refractivity contribution in [2.45, 2.75) is 6.42 Å². The van der Waals surface area contributed by atoms with E-state index in [2.05, 4.69) is 4.98 Å². The SMILES string of the molecule is O=C1C=CCCN1S/C=C/c1cccnc1. The van der Waals surface area contributed by atoms with Gasteiger partial charge in [0, 0.05) is 25.0 Å². The van der Waals surface area contributed by atoms with Crippen molar-refractivity contribution in [1.82, 2.24) is 9.29 Å². The molecular formula is C12H12N2OS. The third-order valence-corrected chi connectivity index (χ3v) is 3.01. The summed E-state index contributed by atoms with van der Waals surface area (Å²) in [5, 5.41) is 1.91. The third-order valence-electron chi connectivity index (χ3n) is 2.14. The molecule has 0 unspecified atom stereocenters. The predicted molar refractivity (Wildman–Crippen MR) is 66.3 cm³/mol. The Kier molecular flexibility index (Phi) is 3.77. The van der Waals surface area contributed by atoms with Crippen molar-refractivity contribution in [1.29, 1.82) is 0 Å². The van der Waals surface area contributed by atoms with E-state index in [0.717, 1.165) is 18.5 Å². The first kappa shape index (κ1) is 11.0. The van der Waals surface area contributed by atoms with Gasteiger partial charge >= 0.3 is 0 Å². The minimum absolute atomic E-state index is 0.0621. The number of carbonyl (C=O) groups excluding carboxylic acids is 1. The molecule has 82 valence electrons. The van der Waals surface area contributed by atoms with E-state index in [1.54, 1.807) is 22.8 Å². The Morgan fingerprint density at radius 3 is 3.19 bits per heavy atom. The van der Waals surface area contributed by atoms with Crippen molar-refractivity contribution in [3.05, 3.63) is 47.6 Å².